The van der Waals surface area contributed by atoms with Gasteiger partial charge in [-0.2, -0.15) is 0 Å². The number of amides is 1. The number of halogens is 1. The quantitative estimate of drug-likeness (QED) is 0.830. The summed E-state index contributed by atoms with van der Waals surface area (Å²) in [4.78, 5) is 16.9. The van der Waals surface area contributed by atoms with Crippen molar-refractivity contribution >= 4 is 21.8 Å². The van der Waals surface area contributed by atoms with Crippen molar-refractivity contribution in [3.63, 3.8) is 0 Å². The molecule has 2 rings (SSSR count). The first-order valence-corrected chi connectivity index (χ1v) is 8.49. The lowest BCUT2D eigenvalue weighted by molar-refractivity contribution is 0.0657. The van der Waals surface area contributed by atoms with Crippen LogP contribution in [-0.4, -0.2) is 53.0 Å². The Labute approximate surface area is 136 Å². The molecule has 1 fully saturated rings. The number of carbonyl (C=O) groups is 1. The van der Waals surface area contributed by atoms with Gasteiger partial charge in [0.15, 0.2) is 0 Å². The third-order valence-corrected chi connectivity index (χ3v) is 4.95. The van der Waals surface area contributed by atoms with Crippen molar-refractivity contribution < 1.29 is 4.79 Å². The van der Waals surface area contributed by atoms with Gasteiger partial charge < -0.3 is 14.4 Å². The fraction of sp³-hybridized carbons (Fsp3) is 0.688. The van der Waals surface area contributed by atoms with Gasteiger partial charge in [0.1, 0.15) is 5.69 Å². The lowest BCUT2D eigenvalue weighted by Crippen LogP contribution is -2.42. The second-order valence-electron chi connectivity index (χ2n) is 6.42. The van der Waals surface area contributed by atoms with Crippen molar-refractivity contribution in [2.75, 3.05) is 26.7 Å². The number of aromatic nitrogens is 1. The zero-order valence-corrected chi connectivity index (χ0v) is 15.1. The molecular weight excluding hydrogens is 330 g/mol. The molecule has 1 saturated heterocycles. The van der Waals surface area contributed by atoms with E-state index in [-0.39, 0.29) is 5.91 Å². The van der Waals surface area contributed by atoms with Crippen LogP contribution in [0.25, 0.3) is 0 Å². The third kappa shape index (κ3) is 4.10. The van der Waals surface area contributed by atoms with Crippen LogP contribution >= 0.6 is 15.9 Å². The molecule has 4 nitrogen and oxygen atoms in total. The second-order valence-corrected chi connectivity index (χ2v) is 7.34. The first kappa shape index (κ1) is 16.6. The summed E-state index contributed by atoms with van der Waals surface area (Å²) in [5.41, 5.74) is 0.764. The molecule has 0 unspecified atom stereocenters. The van der Waals surface area contributed by atoms with Crippen molar-refractivity contribution in [1.29, 1.82) is 0 Å². The SMILES string of the molecule is CC(C)N(C)CC1CCN(C(=O)c2cc(Br)cn2C)CC1. The number of hydrogen-bond acceptors (Lipinski definition) is 2. The Morgan fingerprint density at radius 1 is 1.43 bits per heavy atom. The average molecular weight is 356 g/mol. The number of aryl methyl sites for hydroxylation is 1. The van der Waals surface area contributed by atoms with Crippen LogP contribution in [-0.2, 0) is 7.05 Å². The van der Waals surface area contributed by atoms with E-state index in [9.17, 15) is 4.79 Å². The van der Waals surface area contributed by atoms with E-state index in [1.165, 1.54) is 0 Å². The number of rotatable bonds is 4. The van der Waals surface area contributed by atoms with Crippen LogP contribution in [0.4, 0.5) is 0 Å². The van der Waals surface area contributed by atoms with Crippen molar-refractivity contribution in [3.8, 4) is 0 Å². The predicted octanol–water partition coefficient (Wildman–Crippen LogP) is 2.98. The van der Waals surface area contributed by atoms with Crippen LogP contribution in [0.2, 0.25) is 0 Å². The molecule has 5 heteroatoms. The normalized spacial score (nSPS) is 17.0. The minimum Gasteiger partial charge on any atom is -0.345 e. The van der Waals surface area contributed by atoms with Gasteiger partial charge in [-0.25, -0.2) is 0 Å². The second kappa shape index (κ2) is 6.97. The molecule has 2 heterocycles. The van der Waals surface area contributed by atoms with E-state index in [1.54, 1.807) is 0 Å². The summed E-state index contributed by atoms with van der Waals surface area (Å²) in [7, 11) is 4.10. The van der Waals surface area contributed by atoms with Crippen LogP contribution < -0.4 is 0 Å². The lowest BCUT2D eigenvalue weighted by Gasteiger charge is -2.35. The van der Waals surface area contributed by atoms with Crippen LogP contribution in [0, 0.1) is 5.92 Å². The van der Waals surface area contributed by atoms with Gasteiger partial charge in [-0.05, 0) is 61.7 Å². The lowest BCUT2D eigenvalue weighted by atomic mass is 9.95. The number of likely N-dealkylation sites (tertiary alicyclic amines) is 1. The Balaban J connectivity index is 1.89. The van der Waals surface area contributed by atoms with Crippen LogP contribution in [0.1, 0.15) is 37.2 Å². The number of piperidine rings is 1. The molecule has 0 atom stereocenters. The van der Waals surface area contributed by atoms with Gasteiger partial charge in [0.05, 0.1) is 0 Å². The van der Waals surface area contributed by atoms with Crippen molar-refractivity contribution in [2.24, 2.45) is 13.0 Å². The van der Waals surface area contributed by atoms with Gasteiger partial charge in [0.25, 0.3) is 5.91 Å². The highest BCUT2D eigenvalue weighted by molar-refractivity contribution is 9.10. The van der Waals surface area contributed by atoms with Gasteiger partial charge in [0, 0.05) is 43.4 Å². The summed E-state index contributed by atoms with van der Waals surface area (Å²) in [5, 5.41) is 0. The summed E-state index contributed by atoms with van der Waals surface area (Å²) in [6.45, 7) is 7.34. The molecule has 118 valence electrons. The monoisotopic (exact) mass is 355 g/mol. The minimum absolute atomic E-state index is 0.152. The minimum atomic E-state index is 0.152. The molecule has 1 amide bonds. The highest BCUT2D eigenvalue weighted by Crippen LogP contribution is 2.22. The molecule has 1 aliphatic rings. The molecule has 21 heavy (non-hydrogen) atoms. The van der Waals surface area contributed by atoms with E-state index in [1.807, 2.05) is 28.8 Å². The van der Waals surface area contributed by atoms with Crippen molar-refractivity contribution in [2.45, 2.75) is 32.7 Å². The van der Waals surface area contributed by atoms with Gasteiger partial charge in [0.2, 0.25) is 0 Å². The molecule has 0 N–H and O–H groups in total. The maximum atomic E-state index is 12.5. The maximum absolute atomic E-state index is 12.5. The van der Waals surface area contributed by atoms with Gasteiger partial charge >= 0.3 is 0 Å². The fourth-order valence-electron chi connectivity index (χ4n) is 2.84. The van der Waals surface area contributed by atoms with Crippen LogP contribution in [0.15, 0.2) is 16.7 Å². The van der Waals surface area contributed by atoms with Gasteiger partial charge in [-0.1, -0.05) is 0 Å². The molecule has 0 saturated carbocycles. The van der Waals surface area contributed by atoms with E-state index in [0.29, 0.717) is 12.0 Å². The first-order valence-electron chi connectivity index (χ1n) is 7.70. The summed E-state index contributed by atoms with van der Waals surface area (Å²) in [5.74, 6) is 0.862. The average Bonchev–Trinajstić information content (AvgIpc) is 2.77. The molecule has 0 aromatic carbocycles. The number of hydrogen-bond donors (Lipinski definition) is 0. The van der Waals surface area contributed by atoms with E-state index < -0.39 is 0 Å². The molecule has 0 aliphatic carbocycles. The molecule has 1 aliphatic heterocycles. The molecule has 1 aromatic rings. The standard InChI is InChI=1S/C16H26BrN3O/c1-12(2)18(3)10-13-5-7-20(8-6-13)16(21)15-9-14(17)11-19(15)4/h9,11-13H,5-8,10H2,1-4H3. The highest BCUT2D eigenvalue weighted by atomic mass is 79.9. The fourth-order valence-corrected chi connectivity index (χ4v) is 3.36. The Hall–Kier alpha value is -0.810. The molecular formula is C16H26BrN3O. The Morgan fingerprint density at radius 3 is 2.52 bits per heavy atom. The third-order valence-electron chi connectivity index (χ3n) is 4.52. The van der Waals surface area contributed by atoms with Gasteiger partial charge in [-0.15, -0.1) is 0 Å². The Bertz CT molecular complexity index is 490. The number of nitrogens with zero attached hydrogens (tertiary/aromatic N) is 3. The van der Waals surface area contributed by atoms with Crippen LogP contribution in [0.5, 0.6) is 0 Å². The zero-order valence-electron chi connectivity index (χ0n) is 13.5. The van der Waals surface area contributed by atoms with E-state index in [0.717, 1.165) is 42.6 Å². The van der Waals surface area contributed by atoms with E-state index in [4.69, 9.17) is 0 Å². The topological polar surface area (TPSA) is 28.5 Å². The molecule has 0 radical (unpaired) electrons. The molecule has 1 aromatic heterocycles. The summed E-state index contributed by atoms with van der Waals surface area (Å²) < 4.78 is 2.85. The van der Waals surface area contributed by atoms with Crippen molar-refractivity contribution in [3.05, 3.63) is 22.4 Å². The number of carbonyl (C=O) groups excluding carboxylic acids is 1. The van der Waals surface area contributed by atoms with Crippen LogP contribution in [0.3, 0.4) is 0 Å². The summed E-state index contributed by atoms with van der Waals surface area (Å²) in [6, 6.07) is 2.49. The highest BCUT2D eigenvalue weighted by Gasteiger charge is 2.26. The molecule has 0 bridgehead atoms. The van der Waals surface area contributed by atoms with E-state index >= 15 is 0 Å². The molecule has 0 spiro atoms. The van der Waals surface area contributed by atoms with E-state index in [2.05, 4.69) is 41.7 Å². The maximum Gasteiger partial charge on any atom is 0.270 e. The van der Waals surface area contributed by atoms with Gasteiger partial charge in [-0.3, -0.25) is 4.79 Å². The summed E-state index contributed by atoms with van der Waals surface area (Å²) in [6.07, 6.45) is 4.14. The predicted molar refractivity (Wildman–Crippen MR) is 89.5 cm³/mol. The van der Waals surface area contributed by atoms with Crippen molar-refractivity contribution in [1.82, 2.24) is 14.4 Å². The smallest absolute Gasteiger partial charge is 0.270 e. The Kier molecular flexibility index (Phi) is 5.49. The Morgan fingerprint density at radius 2 is 2.05 bits per heavy atom. The largest absolute Gasteiger partial charge is 0.345 e. The summed E-state index contributed by atoms with van der Waals surface area (Å²) >= 11 is 3.43. The zero-order chi connectivity index (χ0) is 15.6. The first-order chi connectivity index (χ1) is 9.88.